The fourth-order valence-corrected chi connectivity index (χ4v) is 7.44. The Balaban J connectivity index is 1.14. The first-order valence-electron chi connectivity index (χ1n) is 11.5. The highest BCUT2D eigenvalue weighted by Gasteiger charge is 2.59. The van der Waals surface area contributed by atoms with Crippen molar-refractivity contribution in [1.29, 1.82) is 0 Å². The van der Waals surface area contributed by atoms with Gasteiger partial charge in [0.05, 0.1) is 5.54 Å². The van der Waals surface area contributed by atoms with E-state index < -0.39 is 0 Å². The van der Waals surface area contributed by atoms with E-state index in [4.69, 9.17) is 0 Å². The second-order valence-corrected chi connectivity index (χ2v) is 10.3. The van der Waals surface area contributed by atoms with Gasteiger partial charge in [-0.15, -0.1) is 0 Å². The summed E-state index contributed by atoms with van der Waals surface area (Å²) in [7, 11) is 0. The van der Waals surface area contributed by atoms with E-state index in [9.17, 15) is 4.79 Å². The van der Waals surface area contributed by atoms with Crippen molar-refractivity contribution in [3.05, 3.63) is 42.7 Å². The Morgan fingerprint density at radius 1 is 1.03 bits per heavy atom. The Morgan fingerprint density at radius 3 is 2.43 bits per heavy atom. The van der Waals surface area contributed by atoms with Gasteiger partial charge < -0.3 is 10.2 Å². The molecule has 1 N–H and O–H groups in total. The number of piperidine rings is 1. The van der Waals surface area contributed by atoms with Crippen LogP contribution in [0.3, 0.4) is 0 Å². The first-order valence-corrected chi connectivity index (χ1v) is 11.5. The molecule has 2 aromatic rings. The van der Waals surface area contributed by atoms with Crippen LogP contribution < -0.4 is 5.32 Å². The number of amides is 1. The Labute approximate surface area is 177 Å². The summed E-state index contributed by atoms with van der Waals surface area (Å²) in [6, 6.07) is 4.12. The summed E-state index contributed by atoms with van der Waals surface area (Å²) in [5, 5.41) is 8.71. The van der Waals surface area contributed by atoms with Crippen molar-refractivity contribution in [2.24, 2.45) is 11.8 Å². The van der Waals surface area contributed by atoms with Gasteiger partial charge >= 0.3 is 0 Å². The molecule has 1 saturated heterocycles. The lowest BCUT2D eigenvalue weighted by Gasteiger charge is -2.62. The molecule has 1 aliphatic heterocycles. The molecule has 158 valence electrons. The van der Waals surface area contributed by atoms with Crippen LogP contribution in [0.25, 0.3) is 0 Å². The Bertz CT molecular complexity index is 891. The molecular weight excluding hydrogens is 376 g/mol. The van der Waals surface area contributed by atoms with Crippen molar-refractivity contribution in [2.75, 3.05) is 13.1 Å². The van der Waals surface area contributed by atoms with Gasteiger partial charge in [0.2, 0.25) is 0 Å². The van der Waals surface area contributed by atoms with Crippen molar-refractivity contribution in [3.8, 4) is 0 Å². The number of nitrogens with one attached hydrogen (secondary N) is 1. The first kappa shape index (κ1) is 18.5. The van der Waals surface area contributed by atoms with Crippen molar-refractivity contribution in [1.82, 2.24) is 30.0 Å². The molecule has 4 aliphatic carbocycles. The van der Waals surface area contributed by atoms with E-state index in [0.717, 1.165) is 43.3 Å². The number of carbonyl (C=O) groups excluding carboxylic acids is 1. The van der Waals surface area contributed by atoms with Crippen LogP contribution in [-0.4, -0.2) is 55.2 Å². The number of likely N-dealkylation sites (tertiary alicyclic amines) is 1. The van der Waals surface area contributed by atoms with E-state index in [0.29, 0.717) is 6.04 Å². The largest absolute Gasteiger partial charge is 0.339 e. The zero-order valence-corrected chi connectivity index (χ0v) is 17.4. The molecule has 4 saturated carbocycles. The monoisotopic (exact) mass is 406 g/mol. The van der Waals surface area contributed by atoms with Gasteiger partial charge in [0.25, 0.3) is 5.91 Å². The van der Waals surface area contributed by atoms with Crippen LogP contribution in [0.15, 0.2) is 37.2 Å². The van der Waals surface area contributed by atoms with Gasteiger partial charge in [0, 0.05) is 42.6 Å². The van der Waals surface area contributed by atoms with Crippen LogP contribution in [0.1, 0.15) is 61.7 Å². The number of aromatic nitrogens is 4. The van der Waals surface area contributed by atoms with Crippen LogP contribution in [0.2, 0.25) is 0 Å². The maximum Gasteiger partial charge on any atom is 0.253 e. The van der Waals surface area contributed by atoms with E-state index in [1.54, 1.807) is 18.7 Å². The molecule has 3 heterocycles. The average molecular weight is 407 g/mol. The predicted octanol–water partition coefficient (Wildman–Crippen LogP) is 2.62. The van der Waals surface area contributed by atoms with Gasteiger partial charge in [0.1, 0.15) is 12.7 Å². The lowest BCUT2D eigenvalue weighted by molar-refractivity contribution is -0.0835. The normalized spacial score (nSPS) is 35.7. The minimum absolute atomic E-state index is 0.135. The summed E-state index contributed by atoms with van der Waals surface area (Å²) in [6.07, 6.45) is 16.8. The molecule has 2 atom stereocenters. The van der Waals surface area contributed by atoms with Crippen molar-refractivity contribution < 1.29 is 4.79 Å². The van der Waals surface area contributed by atoms with Crippen LogP contribution in [0.5, 0.6) is 0 Å². The zero-order valence-electron chi connectivity index (χ0n) is 17.4. The molecule has 0 aromatic carbocycles. The summed E-state index contributed by atoms with van der Waals surface area (Å²) < 4.78 is 2.18. The topological polar surface area (TPSA) is 75.9 Å². The fraction of sp³-hybridized carbons (Fsp3) is 0.652. The molecule has 7 rings (SSSR count). The number of nitrogens with zero attached hydrogens (tertiary/aromatic N) is 5. The molecule has 7 heteroatoms. The van der Waals surface area contributed by atoms with E-state index in [-0.39, 0.29) is 17.0 Å². The second-order valence-electron chi connectivity index (χ2n) is 10.3. The summed E-state index contributed by atoms with van der Waals surface area (Å²) in [5.74, 6) is 1.74. The highest BCUT2D eigenvalue weighted by molar-refractivity contribution is 5.94. The van der Waals surface area contributed by atoms with E-state index in [2.05, 4.69) is 25.1 Å². The van der Waals surface area contributed by atoms with Crippen LogP contribution in [0, 0.1) is 11.8 Å². The molecule has 0 spiro atoms. The molecule has 30 heavy (non-hydrogen) atoms. The average Bonchev–Trinajstić information content (AvgIpc) is 3.29. The summed E-state index contributed by atoms with van der Waals surface area (Å²) in [4.78, 5) is 23.0. The second kappa shape index (κ2) is 6.87. The van der Waals surface area contributed by atoms with E-state index in [1.165, 1.54) is 38.5 Å². The van der Waals surface area contributed by atoms with Crippen molar-refractivity contribution in [2.45, 2.75) is 68.5 Å². The number of hydrogen-bond acceptors (Lipinski definition) is 5. The zero-order chi connectivity index (χ0) is 20.2. The number of pyridine rings is 1. The summed E-state index contributed by atoms with van der Waals surface area (Å²) in [5.41, 5.74) is 1.14. The van der Waals surface area contributed by atoms with Gasteiger partial charge in [-0.2, -0.15) is 5.10 Å². The van der Waals surface area contributed by atoms with Gasteiger partial charge in [0.15, 0.2) is 0 Å². The van der Waals surface area contributed by atoms with Gasteiger partial charge in [-0.1, -0.05) is 0 Å². The third-order valence-corrected chi connectivity index (χ3v) is 8.15. The maximum absolute atomic E-state index is 12.8. The SMILES string of the molecule is O=C(c1ccncc1)N1CCC(NC23CC4CC(C2)CC(n2cncn2)(C4)C3)CC1. The molecular formula is C23H30N6O. The van der Waals surface area contributed by atoms with Gasteiger partial charge in [-0.05, 0) is 75.3 Å². The van der Waals surface area contributed by atoms with Crippen molar-refractivity contribution >= 4 is 5.91 Å². The molecule has 4 bridgehead atoms. The standard InChI is InChI=1S/C23H30N6O/c30-21(19-1-5-24-6-2-19)28-7-3-20(4-8-28)27-22-10-17-9-18(11-22)13-23(12-17,14-22)29-16-25-15-26-29/h1-2,5-6,15-18,20,27H,3-4,7-14H2. The van der Waals surface area contributed by atoms with E-state index in [1.807, 2.05) is 23.4 Å². The molecule has 7 nitrogen and oxygen atoms in total. The number of hydrogen-bond donors (Lipinski definition) is 1. The Hall–Kier alpha value is -2.28. The lowest BCUT2D eigenvalue weighted by atomic mass is 9.49. The minimum Gasteiger partial charge on any atom is -0.339 e. The summed E-state index contributed by atoms with van der Waals surface area (Å²) in [6.45, 7) is 1.66. The van der Waals surface area contributed by atoms with Crippen LogP contribution in [0.4, 0.5) is 0 Å². The molecule has 0 radical (unpaired) electrons. The molecule has 2 unspecified atom stereocenters. The molecule has 5 aliphatic rings. The van der Waals surface area contributed by atoms with Gasteiger partial charge in [-0.25, -0.2) is 9.67 Å². The number of carbonyl (C=O) groups is 1. The number of rotatable bonds is 4. The maximum atomic E-state index is 12.8. The third kappa shape index (κ3) is 3.06. The highest BCUT2D eigenvalue weighted by atomic mass is 16.2. The highest BCUT2D eigenvalue weighted by Crippen LogP contribution is 2.60. The first-order chi connectivity index (χ1) is 14.6. The molecule has 5 fully saturated rings. The van der Waals surface area contributed by atoms with Crippen LogP contribution in [-0.2, 0) is 5.54 Å². The smallest absolute Gasteiger partial charge is 0.253 e. The van der Waals surface area contributed by atoms with Crippen molar-refractivity contribution in [3.63, 3.8) is 0 Å². The van der Waals surface area contributed by atoms with Crippen LogP contribution >= 0.6 is 0 Å². The molecule has 2 aromatic heterocycles. The van der Waals surface area contributed by atoms with E-state index >= 15 is 0 Å². The fourth-order valence-electron chi connectivity index (χ4n) is 7.44. The Kier molecular flexibility index (Phi) is 4.23. The molecule has 1 amide bonds. The third-order valence-electron chi connectivity index (χ3n) is 8.15. The summed E-state index contributed by atoms with van der Waals surface area (Å²) >= 11 is 0. The lowest BCUT2D eigenvalue weighted by Crippen LogP contribution is -2.67. The minimum atomic E-state index is 0.135. The Morgan fingerprint density at radius 2 is 1.77 bits per heavy atom. The quantitative estimate of drug-likeness (QED) is 0.845. The predicted molar refractivity (Wildman–Crippen MR) is 112 cm³/mol. The van der Waals surface area contributed by atoms with Gasteiger partial charge in [-0.3, -0.25) is 9.78 Å².